The van der Waals surface area contributed by atoms with Gasteiger partial charge >= 0.3 is 12.1 Å². The number of carbonyl (C=O) groups is 2. The summed E-state index contributed by atoms with van der Waals surface area (Å²) in [5.41, 5.74) is -0.762. The maximum absolute atomic E-state index is 13.5. The third-order valence-electron chi connectivity index (χ3n) is 2.94. The first kappa shape index (κ1) is 18.6. The predicted molar refractivity (Wildman–Crippen MR) is 91.0 cm³/mol. The molecular formula is C17H18N2O5S. The molecule has 1 unspecified atom stereocenters. The number of carboxylic acid groups (broad SMARTS) is 1. The third-order valence-corrected chi connectivity index (χ3v) is 5.06. The van der Waals surface area contributed by atoms with Crippen molar-refractivity contribution in [3.63, 3.8) is 0 Å². The minimum atomic E-state index is -3.41. The molecule has 7 nitrogen and oxygen atoms in total. The van der Waals surface area contributed by atoms with Crippen LogP contribution in [-0.4, -0.2) is 32.0 Å². The number of carbonyl (C=O) groups excluding carboxylic acids is 1. The summed E-state index contributed by atoms with van der Waals surface area (Å²) in [5.74, 6) is -1.11. The number of benzene rings is 1. The summed E-state index contributed by atoms with van der Waals surface area (Å²) in [6, 6.07) is 10.1. The van der Waals surface area contributed by atoms with Crippen molar-refractivity contribution in [3.8, 4) is 0 Å². The molecule has 1 aromatic heterocycles. The molecule has 0 aliphatic rings. The molecule has 1 heterocycles. The smallest absolute Gasteiger partial charge is 0.443 e. The molecule has 2 rings (SSSR count). The topological polar surface area (TPSA) is 106 Å². The van der Waals surface area contributed by atoms with E-state index in [0.717, 1.165) is 0 Å². The number of amides is 1. The molecule has 0 fully saturated rings. The van der Waals surface area contributed by atoms with Crippen molar-refractivity contribution in [2.45, 2.75) is 36.3 Å². The number of aromatic nitrogens is 1. The summed E-state index contributed by atoms with van der Waals surface area (Å²) in [5, 5.41) is 9.07. The lowest BCUT2D eigenvalue weighted by molar-refractivity contribution is 0.0606. The lowest BCUT2D eigenvalue weighted by Crippen LogP contribution is -2.23. The van der Waals surface area contributed by atoms with Crippen LogP contribution >= 0.6 is 0 Å². The second-order valence-electron chi connectivity index (χ2n) is 6.09. The predicted octanol–water partition coefficient (Wildman–Crippen LogP) is 3.60. The van der Waals surface area contributed by atoms with E-state index >= 15 is 0 Å². The van der Waals surface area contributed by atoms with Gasteiger partial charge in [-0.3, -0.25) is 0 Å². The number of nitrogens with zero attached hydrogens (tertiary/aromatic N) is 2. The Bertz CT molecular complexity index is 893. The van der Waals surface area contributed by atoms with Crippen LogP contribution in [0.15, 0.2) is 62.9 Å². The highest BCUT2D eigenvalue weighted by atomic mass is 32.2. The Morgan fingerprint density at radius 2 is 1.76 bits per heavy atom. The van der Waals surface area contributed by atoms with Crippen molar-refractivity contribution < 1.29 is 23.6 Å². The molecule has 132 valence electrons. The average Bonchev–Trinajstić information content (AvgIpc) is 2.53. The monoisotopic (exact) mass is 362 g/mol. The molecule has 0 aliphatic carbocycles. The van der Waals surface area contributed by atoms with Gasteiger partial charge in [-0.1, -0.05) is 6.07 Å². The van der Waals surface area contributed by atoms with Crippen LogP contribution in [-0.2, 0) is 14.5 Å². The highest BCUT2D eigenvalue weighted by Gasteiger charge is 2.23. The number of hydrogen-bond donors (Lipinski definition) is 1. The fraction of sp³-hybridized carbons (Fsp3) is 0.235. The van der Waals surface area contributed by atoms with Crippen molar-refractivity contribution in [2.24, 2.45) is 4.36 Å². The Labute approximate surface area is 145 Å². The number of rotatable bonds is 3. The normalized spacial score (nSPS) is 13.6. The molecule has 0 radical (unpaired) electrons. The lowest BCUT2D eigenvalue weighted by atomic mass is 10.2. The van der Waals surface area contributed by atoms with Crippen LogP contribution in [0, 0.1) is 0 Å². The Kier molecular flexibility index (Phi) is 5.22. The Morgan fingerprint density at radius 3 is 2.24 bits per heavy atom. The average molecular weight is 362 g/mol. The van der Waals surface area contributed by atoms with Crippen LogP contribution in [0.4, 0.5) is 4.79 Å². The molecule has 1 aromatic carbocycles. The van der Waals surface area contributed by atoms with E-state index in [-0.39, 0.29) is 15.5 Å². The van der Waals surface area contributed by atoms with E-state index in [1.807, 2.05) is 0 Å². The molecule has 0 saturated carbocycles. The summed E-state index contributed by atoms with van der Waals surface area (Å²) in [4.78, 5) is 27.3. The molecule has 25 heavy (non-hydrogen) atoms. The van der Waals surface area contributed by atoms with Crippen molar-refractivity contribution >= 4 is 21.8 Å². The fourth-order valence-electron chi connectivity index (χ4n) is 1.90. The molecule has 0 bridgehead atoms. The van der Waals surface area contributed by atoms with Crippen LogP contribution in [0.3, 0.4) is 0 Å². The van der Waals surface area contributed by atoms with Gasteiger partial charge in [0, 0.05) is 6.20 Å². The molecule has 0 aliphatic heterocycles. The number of hydrogen-bond acceptors (Lipinski definition) is 5. The maximum atomic E-state index is 13.5. The van der Waals surface area contributed by atoms with Gasteiger partial charge in [0.1, 0.15) is 20.4 Å². The molecule has 1 N–H and O–H groups in total. The molecule has 0 saturated heterocycles. The Hall–Kier alpha value is -2.74. The summed E-state index contributed by atoms with van der Waals surface area (Å²) in [6.07, 6.45) is 0.455. The minimum Gasteiger partial charge on any atom is -0.478 e. The Morgan fingerprint density at radius 1 is 1.12 bits per heavy atom. The fourth-order valence-corrected chi connectivity index (χ4v) is 3.56. The zero-order valence-electron chi connectivity index (χ0n) is 14.0. The summed E-state index contributed by atoms with van der Waals surface area (Å²) in [6.45, 7) is 5.01. The Balaban J connectivity index is 2.59. The van der Waals surface area contributed by atoms with Gasteiger partial charge in [0.25, 0.3) is 0 Å². The molecular weight excluding hydrogens is 344 g/mol. The van der Waals surface area contributed by atoms with Gasteiger partial charge in [-0.25, -0.2) is 18.8 Å². The molecule has 0 spiro atoms. The zero-order valence-corrected chi connectivity index (χ0v) is 14.8. The minimum absolute atomic E-state index is 0.0313. The van der Waals surface area contributed by atoms with E-state index in [2.05, 4.69) is 9.35 Å². The second kappa shape index (κ2) is 7.02. The van der Waals surface area contributed by atoms with Crippen LogP contribution in [0.2, 0.25) is 0 Å². The van der Waals surface area contributed by atoms with E-state index < -0.39 is 27.4 Å². The molecule has 1 atom stereocenters. The van der Waals surface area contributed by atoms with Gasteiger partial charge in [-0.05, 0) is 57.2 Å². The van der Waals surface area contributed by atoms with Gasteiger partial charge in [-0.15, -0.1) is 4.36 Å². The number of ether oxygens (including phenoxy) is 1. The van der Waals surface area contributed by atoms with Crippen LogP contribution in [0.25, 0.3) is 0 Å². The number of pyridine rings is 1. The van der Waals surface area contributed by atoms with Gasteiger partial charge in [0.15, 0.2) is 0 Å². The largest absolute Gasteiger partial charge is 0.478 e. The number of carboxylic acids is 1. The van der Waals surface area contributed by atoms with E-state index in [4.69, 9.17) is 9.84 Å². The first-order valence-electron chi connectivity index (χ1n) is 7.36. The zero-order chi connectivity index (χ0) is 18.7. The van der Waals surface area contributed by atoms with Crippen molar-refractivity contribution in [1.82, 2.24) is 4.98 Å². The first-order chi connectivity index (χ1) is 11.6. The standard InChI is InChI=1S/C17H18N2O5S/c1-17(2,3)24-16(22)19-25(23,14-6-4-5-11-18-14)13-9-7-12(8-10-13)15(20)21/h4-11H,1-3H3,(H,20,21). The van der Waals surface area contributed by atoms with Gasteiger partial charge in [0.05, 0.1) is 10.5 Å². The highest BCUT2D eigenvalue weighted by molar-refractivity contribution is 7.94. The van der Waals surface area contributed by atoms with E-state index in [0.29, 0.717) is 0 Å². The van der Waals surface area contributed by atoms with Gasteiger partial charge < -0.3 is 9.84 Å². The van der Waals surface area contributed by atoms with Crippen molar-refractivity contribution in [3.05, 3.63) is 54.2 Å². The number of aromatic carboxylic acids is 1. The molecule has 8 heteroatoms. The third kappa shape index (κ3) is 4.63. The summed E-state index contributed by atoms with van der Waals surface area (Å²) < 4.78 is 22.4. The lowest BCUT2D eigenvalue weighted by Gasteiger charge is -2.18. The van der Waals surface area contributed by atoms with E-state index in [9.17, 15) is 13.8 Å². The first-order valence-corrected chi connectivity index (χ1v) is 8.88. The summed E-state index contributed by atoms with van der Waals surface area (Å²) in [7, 11) is -3.41. The van der Waals surface area contributed by atoms with Gasteiger partial charge in [0.2, 0.25) is 0 Å². The van der Waals surface area contributed by atoms with Crippen molar-refractivity contribution in [1.29, 1.82) is 0 Å². The highest BCUT2D eigenvalue weighted by Crippen LogP contribution is 2.23. The van der Waals surface area contributed by atoms with Crippen LogP contribution in [0.5, 0.6) is 0 Å². The quantitative estimate of drug-likeness (QED) is 0.894. The van der Waals surface area contributed by atoms with Crippen molar-refractivity contribution in [2.75, 3.05) is 0 Å². The van der Waals surface area contributed by atoms with Crippen LogP contribution < -0.4 is 0 Å². The second-order valence-corrected chi connectivity index (χ2v) is 8.22. The maximum Gasteiger partial charge on any atom is 0.443 e. The van der Waals surface area contributed by atoms with E-state index in [1.54, 1.807) is 32.9 Å². The van der Waals surface area contributed by atoms with E-state index in [1.165, 1.54) is 36.5 Å². The van der Waals surface area contributed by atoms with Crippen LogP contribution in [0.1, 0.15) is 31.1 Å². The summed E-state index contributed by atoms with van der Waals surface area (Å²) >= 11 is 0. The SMILES string of the molecule is CC(C)(C)OC(=O)N=S(=O)(c1ccc(C(=O)O)cc1)c1ccccn1. The molecule has 1 amide bonds. The van der Waals surface area contributed by atoms with Gasteiger partial charge in [-0.2, -0.15) is 0 Å². The molecule has 2 aromatic rings.